The summed E-state index contributed by atoms with van der Waals surface area (Å²) >= 11 is 0. The van der Waals surface area contributed by atoms with E-state index in [2.05, 4.69) is 0 Å². The largest absolute Gasteiger partial charge is 0.481 e. The number of hydrogen-bond donors (Lipinski definition) is 1. The van der Waals surface area contributed by atoms with E-state index in [1.807, 2.05) is 0 Å². The molecule has 0 unspecified atom stereocenters. The van der Waals surface area contributed by atoms with E-state index < -0.39 is 29.4 Å². The van der Waals surface area contributed by atoms with Gasteiger partial charge in [-0.2, -0.15) is 13.2 Å². The normalized spacial score (nSPS) is 30.6. The zero-order chi connectivity index (χ0) is 11.1. The Morgan fingerprint density at radius 1 is 1.43 bits per heavy atom. The van der Waals surface area contributed by atoms with Crippen LogP contribution in [0.25, 0.3) is 0 Å². The molecule has 0 heterocycles. The molecule has 0 aromatic carbocycles. The Morgan fingerprint density at radius 3 is 2.21 bits per heavy atom. The van der Waals surface area contributed by atoms with E-state index in [9.17, 15) is 18.0 Å². The molecule has 2 nitrogen and oxygen atoms in total. The van der Waals surface area contributed by atoms with E-state index in [0.29, 0.717) is 0 Å². The van der Waals surface area contributed by atoms with Crippen LogP contribution in [-0.2, 0) is 4.79 Å². The molecular weight excluding hydrogens is 197 g/mol. The summed E-state index contributed by atoms with van der Waals surface area (Å²) in [5.74, 6) is -2.24. The van der Waals surface area contributed by atoms with E-state index in [1.165, 1.54) is 0 Å². The Hall–Kier alpha value is -1.00. The third-order valence-electron chi connectivity index (χ3n) is 2.67. The smallest absolute Gasteiger partial charge is 0.409 e. The summed E-state index contributed by atoms with van der Waals surface area (Å²) in [5.41, 5.74) is -0.562. The van der Waals surface area contributed by atoms with Crippen molar-refractivity contribution < 1.29 is 23.1 Å². The van der Waals surface area contributed by atoms with Gasteiger partial charge >= 0.3 is 12.1 Å². The van der Waals surface area contributed by atoms with Gasteiger partial charge in [0.15, 0.2) is 0 Å². The van der Waals surface area contributed by atoms with E-state index >= 15 is 0 Å². The predicted molar refractivity (Wildman–Crippen MR) is 43.6 cm³/mol. The van der Waals surface area contributed by atoms with Gasteiger partial charge in [0.1, 0.15) is 0 Å². The number of halogens is 3. The van der Waals surface area contributed by atoms with Crippen LogP contribution in [0.2, 0.25) is 0 Å². The van der Waals surface area contributed by atoms with Crippen LogP contribution in [0, 0.1) is 17.3 Å². The molecule has 2 atom stereocenters. The molecule has 0 aliphatic heterocycles. The number of hydrogen-bond acceptors (Lipinski definition) is 1. The average molecular weight is 208 g/mol. The van der Waals surface area contributed by atoms with E-state index in [4.69, 9.17) is 5.11 Å². The number of aliphatic carboxylic acids is 1. The third-order valence-corrected chi connectivity index (χ3v) is 2.67. The Morgan fingerprint density at radius 2 is 1.93 bits per heavy atom. The van der Waals surface area contributed by atoms with Crippen molar-refractivity contribution in [1.82, 2.24) is 0 Å². The van der Waals surface area contributed by atoms with Crippen molar-refractivity contribution in [3.8, 4) is 0 Å². The van der Waals surface area contributed by atoms with E-state index in [-0.39, 0.29) is 6.08 Å². The summed E-state index contributed by atoms with van der Waals surface area (Å²) < 4.78 is 35.4. The van der Waals surface area contributed by atoms with Crippen molar-refractivity contribution in [2.45, 2.75) is 20.0 Å². The number of carboxylic acids is 1. The van der Waals surface area contributed by atoms with Crippen LogP contribution in [0.15, 0.2) is 12.2 Å². The Bertz CT molecular complexity index is 278. The van der Waals surface area contributed by atoms with Gasteiger partial charge in [-0.05, 0) is 11.3 Å². The highest BCUT2D eigenvalue weighted by molar-refractivity contribution is 5.76. The van der Waals surface area contributed by atoms with E-state index in [1.54, 1.807) is 13.8 Å². The molecule has 1 saturated carbocycles. The maximum Gasteiger partial charge on any atom is 0.409 e. The quantitative estimate of drug-likeness (QED) is 0.708. The molecule has 5 heteroatoms. The van der Waals surface area contributed by atoms with Crippen LogP contribution in [-0.4, -0.2) is 17.3 Å². The van der Waals surface area contributed by atoms with Crippen molar-refractivity contribution in [2.75, 3.05) is 0 Å². The summed E-state index contributed by atoms with van der Waals surface area (Å²) in [5, 5.41) is 8.67. The summed E-state index contributed by atoms with van der Waals surface area (Å²) in [6.07, 6.45) is -3.30. The molecule has 14 heavy (non-hydrogen) atoms. The van der Waals surface area contributed by atoms with Crippen LogP contribution >= 0.6 is 0 Å². The minimum Gasteiger partial charge on any atom is -0.481 e. The Balaban J connectivity index is 2.67. The number of carbonyl (C=O) groups is 1. The van der Waals surface area contributed by atoms with Gasteiger partial charge in [0.25, 0.3) is 0 Å². The highest BCUT2D eigenvalue weighted by Crippen LogP contribution is 2.59. The van der Waals surface area contributed by atoms with Gasteiger partial charge in [-0.3, -0.25) is 4.79 Å². The molecule has 1 fully saturated rings. The monoisotopic (exact) mass is 208 g/mol. The molecule has 0 amide bonds. The average Bonchev–Trinajstić information content (AvgIpc) is 2.47. The second kappa shape index (κ2) is 3.00. The number of rotatable bonds is 2. The predicted octanol–water partition coefficient (Wildman–Crippen LogP) is 2.46. The SMILES string of the molecule is CC1(C)[C@H](C=CC(F)(F)F)[C@H]1C(=O)O. The maximum absolute atomic E-state index is 11.8. The van der Waals surface area contributed by atoms with Crippen LogP contribution in [0.1, 0.15) is 13.8 Å². The second-order valence-electron chi connectivity index (χ2n) is 4.06. The van der Waals surface area contributed by atoms with E-state index in [0.717, 1.165) is 6.08 Å². The number of alkyl halides is 3. The van der Waals surface area contributed by atoms with Gasteiger partial charge in [-0.25, -0.2) is 0 Å². The Labute approximate surface area is 79.4 Å². The summed E-state index contributed by atoms with van der Waals surface area (Å²) in [7, 11) is 0. The van der Waals surface area contributed by atoms with Crippen LogP contribution < -0.4 is 0 Å². The lowest BCUT2D eigenvalue weighted by Gasteiger charge is -1.98. The first-order valence-electron chi connectivity index (χ1n) is 4.15. The fraction of sp³-hybridized carbons (Fsp3) is 0.667. The van der Waals surface area contributed by atoms with Crippen LogP contribution in [0.3, 0.4) is 0 Å². The molecule has 0 spiro atoms. The Kier molecular flexibility index (Phi) is 2.37. The second-order valence-corrected chi connectivity index (χ2v) is 4.06. The zero-order valence-electron chi connectivity index (χ0n) is 7.80. The lowest BCUT2D eigenvalue weighted by atomic mass is 10.1. The lowest BCUT2D eigenvalue weighted by Crippen LogP contribution is -2.03. The van der Waals surface area contributed by atoms with Gasteiger partial charge < -0.3 is 5.11 Å². The third kappa shape index (κ3) is 2.08. The van der Waals surface area contributed by atoms with Gasteiger partial charge in [-0.1, -0.05) is 19.9 Å². The first kappa shape index (κ1) is 11.1. The molecular formula is C9H11F3O2. The zero-order valence-corrected chi connectivity index (χ0v) is 7.80. The molecule has 1 aliphatic rings. The first-order chi connectivity index (χ1) is 6.16. The molecule has 1 N–H and O–H groups in total. The minimum absolute atomic E-state index is 0.113. The fourth-order valence-corrected chi connectivity index (χ4v) is 1.72. The van der Waals surface area contributed by atoms with Crippen molar-refractivity contribution >= 4 is 5.97 Å². The molecule has 0 aromatic heterocycles. The summed E-state index contributed by atoms with van der Waals surface area (Å²) in [4.78, 5) is 10.6. The topological polar surface area (TPSA) is 37.3 Å². The van der Waals surface area contributed by atoms with Crippen molar-refractivity contribution in [2.24, 2.45) is 17.3 Å². The van der Waals surface area contributed by atoms with Gasteiger partial charge in [0.2, 0.25) is 0 Å². The lowest BCUT2D eigenvalue weighted by molar-refractivity contribution is -0.139. The van der Waals surface area contributed by atoms with Crippen LogP contribution in [0.5, 0.6) is 0 Å². The summed E-state index contributed by atoms with van der Waals surface area (Å²) in [6.45, 7) is 3.30. The minimum atomic E-state index is -4.36. The van der Waals surface area contributed by atoms with Crippen molar-refractivity contribution in [3.05, 3.63) is 12.2 Å². The molecule has 1 rings (SSSR count). The van der Waals surface area contributed by atoms with Gasteiger partial charge in [0, 0.05) is 6.08 Å². The number of carboxylic acid groups (broad SMARTS) is 1. The molecule has 0 radical (unpaired) electrons. The fourth-order valence-electron chi connectivity index (χ4n) is 1.72. The van der Waals surface area contributed by atoms with Gasteiger partial charge in [-0.15, -0.1) is 0 Å². The molecule has 1 aliphatic carbocycles. The maximum atomic E-state index is 11.8. The van der Waals surface area contributed by atoms with Crippen molar-refractivity contribution in [3.63, 3.8) is 0 Å². The highest BCUT2D eigenvalue weighted by atomic mass is 19.4. The first-order valence-corrected chi connectivity index (χ1v) is 4.15. The molecule has 0 aromatic rings. The van der Waals surface area contributed by atoms with Crippen LogP contribution in [0.4, 0.5) is 13.2 Å². The molecule has 0 saturated heterocycles. The molecule has 0 bridgehead atoms. The standard InChI is InChI=1S/C9H11F3O2/c1-8(2)5(6(8)7(13)14)3-4-9(10,11)12/h3-6H,1-2H3,(H,13,14)/t5-,6+/m1/s1. The summed E-state index contributed by atoms with van der Waals surface area (Å²) in [6, 6.07) is 0. The van der Waals surface area contributed by atoms with Crippen molar-refractivity contribution in [1.29, 1.82) is 0 Å². The molecule has 80 valence electrons. The number of allylic oxidation sites excluding steroid dienone is 2. The highest BCUT2D eigenvalue weighted by Gasteiger charge is 2.60. The van der Waals surface area contributed by atoms with Gasteiger partial charge in [0.05, 0.1) is 5.92 Å².